The Hall–Kier alpha value is -3.62. The Balaban J connectivity index is 2.11. The van der Waals surface area contributed by atoms with E-state index in [1.54, 1.807) is 24.3 Å². The lowest BCUT2D eigenvalue weighted by molar-refractivity contribution is -0.136. The maximum Gasteiger partial charge on any atom is 0.331 e. The molecule has 0 atom stereocenters. The van der Waals surface area contributed by atoms with Crippen LogP contribution in [0.2, 0.25) is 0 Å². The summed E-state index contributed by atoms with van der Waals surface area (Å²) < 4.78 is 11.1. The zero-order valence-corrected chi connectivity index (χ0v) is 15.6. The molecule has 2 rings (SSSR count). The fraction of sp³-hybridized carbons (Fsp3) is 0.263. The molecular formula is C19H21N3O6. The van der Waals surface area contributed by atoms with E-state index in [4.69, 9.17) is 15.2 Å². The molecule has 9 nitrogen and oxygen atoms in total. The van der Waals surface area contributed by atoms with Gasteiger partial charge in [-0.25, -0.2) is 9.59 Å². The number of nitrogens with zero attached hydrogens (tertiary/aromatic N) is 1. The van der Waals surface area contributed by atoms with Gasteiger partial charge >= 0.3 is 11.7 Å². The number of carbonyl (C=O) groups excluding carboxylic acids is 2. The van der Waals surface area contributed by atoms with Gasteiger partial charge in [0.1, 0.15) is 17.1 Å². The second kappa shape index (κ2) is 9.36. The summed E-state index contributed by atoms with van der Waals surface area (Å²) in [6, 6.07) is 7.03. The number of nitrogens with one attached hydrogen (secondary N) is 1. The average molecular weight is 387 g/mol. The summed E-state index contributed by atoms with van der Waals surface area (Å²) in [4.78, 5) is 49.9. The Morgan fingerprint density at radius 2 is 1.96 bits per heavy atom. The van der Waals surface area contributed by atoms with Crippen LogP contribution >= 0.6 is 0 Å². The standard InChI is InChI=1S/C19H21N3O6/c1-3-10-22-17(20)16(18(25)21-19(22)26)13(23)11-28-15(24)9-8-12-6-4-5-7-14(12)27-2/h4-9H,3,10-11,20H2,1-2H3,(H,21,25,26)/b9-8+. The molecule has 1 aromatic heterocycles. The number of Topliss-reactive ketones (excluding diaryl/α,β-unsaturated/α-hetero) is 1. The fourth-order valence-corrected chi connectivity index (χ4v) is 2.52. The van der Waals surface area contributed by atoms with E-state index >= 15 is 0 Å². The minimum atomic E-state index is -0.916. The van der Waals surface area contributed by atoms with E-state index < -0.39 is 35.2 Å². The van der Waals surface area contributed by atoms with Crippen molar-refractivity contribution in [2.45, 2.75) is 19.9 Å². The smallest absolute Gasteiger partial charge is 0.331 e. The number of ketones is 1. The van der Waals surface area contributed by atoms with Gasteiger partial charge in [-0.15, -0.1) is 0 Å². The van der Waals surface area contributed by atoms with Crippen LogP contribution in [0.4, 0.5) is 5.82 Å². The molecule has 0 aliphatic heterocycles. The number of benzene rings is 1. The summed E-state index contributed by atoms with van der Waals surface area (Å²) in [5, 5.41) is 0. The Bertz CT molecular complexity index is 1020. The largest absolute Gasteiger partial charge is 0.496 e. The lowest BCUT2D eigenvalue weighted by Gasteiger charge is -2.11. The van der Waals surface area contributed by atoms with Crippen LogP contribution in [0.25, 0.3) is 6.08 Å². The molecule has 148 valence electrons. The van der Waals surface area contributed by atoms with Crippen molar-refractivity contribution in [3.8, 4) is 5.75 Å². The van der Waals surface area contributed by atoms with Crippen molar-refractivity contribution in [1.82, 2.24) is 9.55 Å². The molecule has 9 heteroatoms. The number of anilines is 1. The van der Waals surface area contributed by atoms with Crippen LogP contribution in [-0.2, 0) is 16.1 Å². The zero-order valence-electron chi connectivity index (χ0n) is 15.6. The maximum absolute atomic E-state index is 12.3. The number of methoxy groups -OCH3 is 1. The van der Waals surface area contributed by atoms with Crippen molar-refractivity contribution >= 4 is 23.6 Å². The van der Waals surface area contributed by atoms with Crippen LogP contribution in [0.1, 0.15) is 29.3 Å². The second-order valence-corrected chi connectivity index (χ2v) is 5.78. The van der Waals surface area contributed by atoms with Gasteiger partial charge in [-0.2, -0.15) is 0 Å². The van der Waals surface area contributed by atoms with E-state index in [9.17, 15) is 19.2 Å². The molecule has 3 N–H and O–H groups in total. The van der Waals surface area contributed by atoms with Crippen LogP contribution in [-0.4, -0.2) is 35.0 Å². The summed E-state index contributed by atoms with van der Waals surface area (Å²) in [7, 11) is 1.50. The van der Waals surface area contributed by atoms with E-state index in [2.05, 4.69) is 0 Å². The van der Waals surface area contributed by atoms with Gasteiger partial charge in [0.05, 0.1) is 7.11 Å². The van der Waals surface area contributed by atoms with Gasteiger partial charge in [-0.3, -0.25) is 19.1 Å². The summed E-state index contributed by atoms with van der Waals surface area (Å²) in [6.07, 6.45) is 3.19. The number of ether oxygens (including phenoxy) is 2. The Labute approximate surface area is 160 Å². The summed E-state index contributed by atoms with van der Waals surface area (Å²) in [6.45, 7) is 1.37. The maximum atomic E-state index is 12.3. The third-order valence-corrected chi connectivity index (χ3v) is 3.85. The van der Waals surface area contributed by atoms with Gasteiger partial charge in [0.2, 0.25) is 5.78 Å². The molecule has 0 aliphatic carbocycles. The number of rotatable bonds is 8. The first-order chi connectivity index (χ1) is 13.4. The van der Waals surface area contributed by atoms with Crippen molar-refractivity contribution in [3.05, 3.63) is 62.3 Å². The quantitative estimate of drug-likeness (QED) is 0.392. The zero-order chi connectivity index (χ0) is 20.7. The average Bonchev–Trinajstić information content (AvgIpc) is 2.68. The van der Waals surface area contributed by atoms with Gasteiger partial charge < -0.3 is 15.2 Å². The fourth-order valence-electron chi connectivity index (χ4n) is 2.52. The van der Waals surface area contributed by atoms with Crippen molar-refractivity contribution in [3.63, 3.8) is 0 Å². The van der Waals surface area contributed by atoms with E-state index in [-0.39, 0.29) is 12.4 Å². The van der Waals surface area contributed by atoms with Crippen LogP contribution in [0.5, 0.6) is 5.75 Å². The predicted octanol–water partition coefficient (Wildman–Crippen LogP) is 0.977. The highest BCUT2D eigenvalue weighted by Gasteiger charge is 2.20. The number of aromatic amines is 1. The molecule has 0 bridgehead atoms. The number of hydrogen-bond acceptors (Lipinski definition) is 7. The number of hydrogen-bond donors (Lipinski definition) is 2. The number of carbonyl (C=O) groups is 2. The molecule has 2 aromatic rings. The van der Waals surface area contributed by atoms with Crippen LogP contribution in [0.3, 0.4) is 0 Å². The minimum absolute atomic E-state index is 0.239. The molecule has 0 spiro atoms. The monoisotopic (exact) mass is 387 g/mol. The molecule has 0 amide bonds. The minimum Gasteiger partial charge on any atom is -0.496 e. The first-order valence-corrected chi connectivity index (χ1v) is 8.52. The van der Waals surface area contributed by atoms with Gasteiger partial charge in [0, 0.05) is 18.2 Å². The summed E-state index contributed by atoms with van der Waals surface area (Å²) >= 11 is 0. The van der Waals surface area contributed by atoms with E-state index in [1.165, 1.54) is 13.2 Å². The highest BCUT2D eigenvalue weighted by Crippen LogP contribution is 2.18. The Kier molecular flexibility index (Phi) is 6.91. The van der Waals surface area contributed by atoms with Crippen molar-refractivity contribution in [2.24, 2.45) is 0 Å². The van der Waals surface area contributed by atoms with Crippen molar-refractivity contribution < 1.29 is 19.1 Å². The van der Waals surface area contributed by atoms with E-state index in [0.717, 1.165) is 10.6 Å². The number of nitrogen functional groups attached to an aromatic ring is 1. The molecule has 1 aromatic carbocycles. The van der Waals surface area contributed by atoms with Gasteiger partial charge in [-0.05, 0) is 18.6 Å². The SMILES string of the molecule is CCCn1c(N)c(C(=O)COC(=O)/C=C/c2ccccc2OC)c(=O)[nH]c1=O. The molecular weight excluding hydrogens is 366 g/mol. The number of esters is 1. The van der Waals surface area contributed by atoms with Gasteiger partial charge in [0.15, 0.2) is 6.61 Å². The molecule has 0 aliphatic rings. The highest BCUT2D eigenvalue weighted by molar-refractivity contribution is 6.01. The number of aromatic nitrogens is 2. The molecule has 0 saturated heterocycles. The lowest BCUT2D eigenvalue weighted by atomic mass is 10.2. The first kappa shape index (κ1) is 20.7. The van der Waals surface area contributed by atoms with Crippen LogP contribution in [0.15, 0.2) is 39.9 Å². The summed E-state index contributed by atoms with van der Waals surface area (Å²) in [5.74, 6) is -1.26. The molecule has 0 unspecified atom stereocenters. The van der Waals surface area contributed by atoms with E-state index in [1.807, 2.05) is 11.9 Å². The molecule has 1 heterocycles. The highest BCUT2D eigenvalue weighted by atomic mass is 16.5. The molecule has 28 heavy (non-hydrogen) atoms. The third kappa shape index (κ3) is 4.76. The van der Waals surface area contributed by atoms with Gasteiger partial charge in [0.25, 0.3) is 5.56 Å². The predicted molar refractivity (Wildman–Crippen MR) is 103 cm³/mol. The third-order valence-electron chi connectivity index (χ3n) is 3.85. The molecule has 0 fully saturated rings. The topological polar surface area (TPSA) is 133 Å². The van der Waals surface area contributed by atoms with E-state index in [0.29, 0.717) is 17.7 Å². The Morgan fingerprint density at radius 1 is 1.25 bits per heavy atom. The van der Waals surface area contributed by atoms with Crippen molar-refractivity contribution in [2.75, 3.05) is 19.5 Å². The van der Waals surface area contributed by atoms with Gasteiger partial charge in [-0.1, -0.05) is 25.1 Å². The van der Waals surface area contributed by atoms with Crippen molar-refractivity contribution in [1.29, 1.82) is 0 Å². The van der Waals surface area contributed by atoms with Crippen LogP contribution < -0.4 is 21.7 Å². The second-order valence-electron chi connectivity index (χ2n) is 5.78. The Morgan fingerprint density at radius 3 is 2.64 bits per heavy atom. The number of H-pyrrole nitrogens is 1. The normalized spacial score (nSPS) is 10.8. The van der Waals surface area contributed by atoms with Crippen LogP contribution in [0, 0.1) is 0 Å². The summed E-state index contributed by atoms with van der Waals surface area (Å²) in [5.41, 5.74) is 4.43. The molecule has 0 saturated carbocycles. The molecule has 0 radical (unpaired) electrons. The lowest BCUT2D eigenvalue weighted by Crippen LogP contribution is -2.37. The first-order valence-electron chi connectivity index (χ1n) is 8.52. The number of nitrogens with two attached hydrogens (primary N) is 1. The number of para-hydroxylation sites is 1.